The molecule has 3 N–H and O–H groups in total. The summed E-state index contributed by atoms with van der Waals surface area (Å²) in [6.45, 7) is -1.03. The first-order valence-corrected chi connectivity index (χ1v) is 6.89. The van der Waals surface area contributed by atoms with E-state index >= 15 is 0 Å². The van der Waals surface area contributed by atoms with Crippen molar-refractivity contribution in [3.63, 3.8) is 0 Å². The number of hydrogen-bond acceptors (Lipinski definition) is 3. The number of benzene rings is 1. The van der Waals surface area contributed by atoms with Gasteiger partial charge in [0, 0.05) is 22.8 Å². The molecule has 0 aliphatic carbocycles. The highest BCUT2D eigenvalue weighted by molar-refractivity contribution is 9.10. The molecule has 0 aliphatic heterocycles. The summed E-state index contributed by atoms with van der Waals surface area (Å²) in [5, 5.41) is 10.3. The second kappa shape index (κ2) is 5.94. The minimum Gasteiger partial charge on any atom is -0.377 e. The smallest absolute Gasteiger partial charge is 0.323 e. The zero-order chi connectivity index (χ0) is 16.5. The maximum Gasteiger partial charge on any atom is 0.323 e. The summed E-state index contributed by atoms with van der Waals surface area (Å²) in [6, 6.07) is 4.15. The van der Waals surface area contributed by atoms with E-state index in [1.165, 1.54) is 6.07 Å². The van der Waals surface area contributed by atoms with Crippen molar-refractivity contribution in [1.82, 2.24) is 4.98 Å². The van der Waals surface area contributed by atoms with Gasteiger partial charge in [-0.25, -0.2) is 8.78 Å². The van der Waals surface area contributed by atoms with E-state index in [0.717, 1.165) is 18.3 Å². The maximum atomic E-state index is 14.6. The van der Waals surface area contributed by atoms with E-state index in [9.17, 15) is 22.7 Å². The topological polar surface area (TPSA) is 59.1 Å². The molecule has 0 fully saturated rings. The van der Waals surface area contributed by atoms with Crippen LogP contribution in [0.4, 0.5) is 17.6 Å². The molecule has 1 atom stereocenters. The second-order valence-corrected chi connectivity index (χ2v) is 5.54. The molecule has 22 heavy (non-hydrogen) atoms. The van der Waals surface area contributed by atoms with Gasteiger partial charge >= 0.3 is 5.92 Å². The highest BCUT2D eigenvalue weighted by atomic mass is 79.9. The molecule has 1 heterocycles. The van der Waals surface area contributed by atoms with E-state index in [2.05, 4.69) is 20.9 Å². The van der Waals surface area contributed by atoms with Crippen molar-refractivity contribution in [2.24, 2.45) is 5.73 Å². The van der Waals surface area contributed by atoms with Gasteiger partial charge in [0.25, 0.3) is 0 Å². The lowest BCUT2D eigenvalue weighted by molar-refractivity contribution is -0.193. The van der Waals surface area contributed by atoms with Crippen LogP contribution in [0.3, 0.4) is 0 Å². The predicted octanol–water partition coefficient (Wildman–Crippen LogP) is 3.06. The van der Waals surface area contributed by atoms with Gasteiger partial charge < -0.3 is 10.8 Å². The highest BCUT2D eigenvalue weighted by Gasteiger charge is 2.56. The Morgan fingerprint density at radius 3 is 2.41 bits per heavy atom. The van der Waals surface area contributed by atoms with Gasteiger partial charge in [-0.15, -0.1) is 0 Å². The van der Waals surface area contributed by atoms with E-state index in [0.29, 0.717) is 16.6 Å². The van der Waals surface area contributed by atoms with E-state index in [4.69, 9.17) is 5.73 Å². The number of nitrogens with two attached hydrogens (primary N) is 1. The van der Waals surface area contributed by atoms with E-state index < -0.39 is 41.0 Å². The Morgan fingerprint density at radius 2 is 1.86 bits per heavy atom. The van der Waals surface area contributed by atoms with Crippen LogP contribution in [0.2, 0.25) is 0 Å². The van der Waals surface area contributed by atoms with Crippen LogP contribution in [0, 0.1) is 11.6 Å². The fourth-order valence-electron chi connectivity index (χ4n) is 2.00. The minimum absolute atomic E-state index is 0.445. The number of alkyl halides is 2. The largest absolute Gasteiger partial charge is 0.377 e. The number of aliphatic hydroxyl groups is 1. The molecule has 2 aromatic rings. The number of hydrogen-bond donors (Lipinski definition) is 2. The summed E-state index contributed by atoms with van der Waals surface area (Å²) in [6.07, 6.45) is 1.10. The van der Waals surface area contributed by atoms with Crippen molar-refractivity contribution in [2.45, 2.75) is 11.5 Å². The predicted molar refractivity (Wildman–Crippen MR) is 75.1 cm³/mol. The highest BCUT2D eigenvalue weighted by Crippen LogP contribution is 2.45. The third-order valence-corrected chi connectivity index (χ3v) is 3.71. The summed E-state index contributed by atoms with van der Waals surface area (Å²) >= 11 is 3.04. The molecule has 0 saturated carbocycles. The van der Waals surface area contributed by atoms with E-state index in [1.807, 2.05) is 0 Å². The average molecular weight is 379 g/mol. The Kier molecular flexibility index (Phi) is 4.55. The van der Waals surface area contributed by atoms with Gasteiger partial charge in [-0.3, -0.25) is 4.98 Å². The molecule has 8 heteroatoms. The molecule has 0 bridgehead atoms. The minimum atomic E-state index is -4.03. The summed E-state index contributed by atoms with van der Waals surface area (Å²) in [5.74, 6) is -6.19. The van der Waals surface area contributed by atoms with Crippen molar-refractivity contribution >= 4 is 15.9 Å². The maximum absolute atomic E-state index is 14.6. The van der Waals surface area contributed by atoms with Gasteiger partial charge in [0.2, 0.25) is 0 Å². The molecule has 1 aromatic heterocycles. The molecule has 0 aliphatic rings. The van der Waals surface area contributed by atoms with Gasteiger partial charge in [-0.2, -0.15) is 8.78 Å². The molecule has 1 unspecified atom stereocenters. The van der Waals surface area contributed by atoms with E-state index in [-0.39, 0.29) is 0 Å². The Bertz CT molecular complexity index is 681. The monoisotopic (exact) mass is 378 g/mol. The van der Waals surface area contributed by atoms with Gasteiger partial charge in [-0.1, -0.05) is 0 Å². The molecule has 0 saturated heterocycles. The Morgan fingerprint density at radius 1 is 1.18 bits per heavy atom. The molecule has 3 nitrogen and oxygen atoms in total. The van der Waals surface area contributed by atoms with Gasteiger partial charge in [-0.05, 0) is 46.3 Å². The summed E-state index contributed by atoms with van der Waals surface area (Å²) < 4.78 is 56.8. The number of pyridine rings is 1. The molecular formula is C14H11BrF4N2O. The van der Waals surface area contributed by atoms with Crippen molar-refractivity contribution < 1.29 is 22.7 Å². The number of halogens is 5. The Hall–Kier alpha value is -1.51. The van der Waals surface area contributed by atoms with Crippen molar-refractivity contribution in [3.8, 4) is 0 Å². The average Bonchev–Trinajstić information content (AvgIpc) is 2.49. The Labute approximate surface area is 131 Å². The first-order chi connectivity index (χ1) is 10.2. The number of nitrogens with zero attached hydrogens (tertiary/aromatic N) is 1. The lowest BCUT2D eigenvalue weighted by atomic mass is 9.85. The quantitative estimate of drug-likeness (QED) is 0.803. The second-order valence-electron chi connectivity index (χ2n) is 4.62. The standard InChI is InChI=1S/C14H11BrF4N2O/c15-8-1-4-12(21-6-8)14(18,19)13(22,7-20)10-5-9(16)2-3-11(10)17/h1-6,22H,7,20H2. The van der Waals surface area contributed by atoms with Gasteiger partial charge in [0.05, 0.1) is 0 Å². The van der Waals surface area contributed by atoms with Crippen molar-refractivity contribution in [2.75, 3.05) is 6.54 Å². The molecule has 1 aromatic carbocycles. The van der Waals surface area contributed by atoms with Crippen molar-refractivity contribution in [3.05, 3.63) is 63.9 Å². The third kappa shape index (κ3) is 2.73. The SMILES string of the molecule is NCC(O)(c1cc(F)ccc1F)C(F)(F)c1ccc(Br)cn1. The molecule has 0 radical (unpaired) electrons. The zero-order valence-electron chi connectivity index (χ0n) is 11.0. The van der Waals surface area contributed by atoms with Crippen LogP contribution in [0.5, 0.6) is 0 Å². The normalized spacial score (nSPS) is 14.7. The van der Waals surface area contributed by atoms with Crippen LogP contribution in [0.15, 0.2) is 41.0 Å². The summed E-state index contributed by atoms with van der Waals surface area (Å²) in [4.78, 5) is 3.51. The van der Waals surface area contributed by atoms with Gasteiger partial charge in [0.1, 0.15) is 17.3 Å². The lowest BCUT2D eigenvalue weighted by Crippen LogP contribution is -2.50. The first-order valence-electron chi connectivity index (χ1n) is 6.10. The molecule has 2 rings (SSSR count). The van der Waals surface area contributed by atoms with Gasteiger partial charge in [0.15, 0.2) is 5.60 Å². The van der Waals surface area contributed by atoms with Crippen LogP contribution < -0.4 is 5.73 Å². The van der Waals surface area contributed by atoms with Crippen molar-refractivity contribution in [1.29, 1.82) is 0 Å². The molecular weight excluding hydrogens is 368 g/mol. The first kappa shape index (κ1) is 16.9. The summed E-state index contributed by atoms with van der Waals surface area (Å²) in [5.41, 5.74) is 0.377. The fourth-order valence-corrected chi connectivity index (χ4v) is 2.23. The molecule has 0 amide bonds. The van der Waals surface area contributed by atoms with Crippen LogP contribution in [-0.2, 0) is 11.5 Å². The Balaban J connectivity index is 2.61. The summed E-state index contributed by atoms with van der Waals surface area (Å²) in [7, 11) is 0. The fraction of sp³-hybridized carbons (Fsp3) is 0.214. The third-order valence-electron chi connectivity index (χ3n) is 3.24. The molecule has 118 valence electrons. The van der Waals surface area contributed by atoms with Crippen LogP contribution >= 0.6 is 15.9 Å². The number of aromatic nitrogens is 1. The van der Waals surface area contributed by atoms with E-state index in [1.54, 1.807) is 0 Å². The zero-order valence-corrected chi connectivity index (χ0v) is 12.6. The lowest BCUT2D eigenvalue weighted by Gasteiger charge is -2.35. The number of rotatable bonds is 4. The molecule has 0 spiro atoms. The van der Waals surface area contributed by atoms with Crippen LogP contribution in [0.25, 0.3) is 0 Å². The van der Waals surface area contributed by atoms with Crippen LogP contribution in [-0.4, -0.2) is 16.6 Å². The van der Waals surface area contributed by atoms with Crippen LogP contribution in [0.1, 0.15) is 11.3 Å².